The molecule has 0 spiro atoms. The monoisotopic (exact) mass is 263 g/mol. The molecule has 2 atom stereocenters. The molecule has 19 heavy (non-hydrogen) atoms. The Kier molecular flexibility index (Phi) is 5.37. The van der Waals surface area contributed by atoms with Gasteiger partial charge in [-0.25, -0.2) is 0 Å². The molecule has 0 amide bonds. The third-order valence-electron chi connectivity index (χ3n) is 3.94. The van der Waals surface area contributed by atoms with E-state index in [1.54, 1.807) is 0 Å². The fourth-order valence-electron chi connectivity index (χ4n) is 2.65. The number of hydrogen-bond acceptors (Lipinski definition) is 3. The molecule has 106 valence electrons. The summed E-state index contributed by atoms with van der Waals surface area (Å²) in [5.74, 6) is 0. The number of morpholine rings is 1. The highest BCUT2D eigenvalue weighted by Crippen LogP contribution is 2.21. The van der Waals surface area contributed by atoms with Crippen molar-refractivity contribution in [2.24, 2.45) is 0 Å². The minimum Gasteiger partial charge on any atom is -0.388 e. The first kappa shape index (κ1) is 14.5. The summed E-state index contributed by atoms with van der Waals surface area (Å²) < 4.78 is 5.66. The second kappa shape index (κ2) is 7.04. The lowest BCUT2D eigenvalue weighted by Gasteiger charge is -2.33. The molecule has 0 saturated carbocycles. The van der Waals surface area contributed by atoms with E-state index < -0.39 is 0 Å². The lowest BCUT2D eigenvalue weighted by molar-refractivity contribution is -0.0330. The zero-order valence-electron chi connectivity index (χ0n) is 12.0. The van der Waals surface area contributed by atoms with E-state index in [1.165, 1.54) is 5.56 Å². The van der Waals surface area contributed by atoms with Crippen LogP contribution in [0.5, 0.6) is 0 Å². The highest BCUT2D eigenvalue weighted by molar-refractivity contribution is 5.27. The molecule has 1 N–H and O–H groups in total. The fraction of sp³-hybridized carbons (Fsp3) is 0.625. The van der Waals surface area contributed by atoms with Gasteiger partial charge < -0.3 is 9.84 Å². The van der Waals surface area contributed by atoms with Gasteiger partial charge in [0.25, 0.3) is 0 Å². The quantitative estimate of drug-likeness (QED) is 0.886. The van der Waals surface area contributed by atoms with E-state index in [-0.39, 0.29) is 6.10 Å². The summed E-state index contributed by atoms with van der Waals surface area (Å²) in [6.45, 7) is 7.96. The molecule has 2 rings (SSSR count). The van der Waals surface area contributed by atoms with Gasteiger partial charge in [0.1, 0.15) is 0 Å². The number of aryl methyl sites for hydroxylation is 1. The van der Waals surface area contributed by atoms with Crippen LogP contribution in [0.1, 0.15) is 37.0 Å². The summed E-state index contributed by atoms with van der Waals surface area (Å²) in [5, 5.41) is 10.3. The van der Waals surface area contributed by atoms with Crippen molar-refractivity contribution < 1.29 is 9.84 Å². The number of aliphatic hydroxyl groups excluding tert-OH is 1. The smallest absolute Gasteiger partial charge is 0.0804 e. The SMILES string of the molecule is CCC1CN(CCC(O)c2ccccc2C)CCO1. The predicted octanol–water partition coefficient (Wildman–Crippen LogP) is 2.53. The van der Waals surface area contributed by atoms with Gasteiger partial charge >= 0.3 is 0 Å². The Labute approximate surface area is 116 Å². The molecule has 0 aromatic heterocycles. The molecule has 2 unspecified atom stereocenters. The molecule has 1 heterocycles. The molecule has 3 heteroatoms. The summed E-state index contributed by atoms with van der Waals surface area (Å²) in [6, 6.07) is 8.08. The highest BCUT2D eigenvalue weighted by atomic mass is 16.5. The summed E-state index contributed by atoms with van der Waals surface area (Å²) in [7, 11) is 0. The third-order valence-corrected chi connectivity index (χ3v) is 3.94. The Balaban J connectivity index is 1.83. The van der Waals surface area contributed by atoms with Gasteiger partial charge in [0.2, 0.25) is 0 Å². The molecule has 1 aliphatic rings. The Morgan fingerprint density at radius 3 is 2.95 bits per heavy atom. The van der Waals surface area contributed by atoms with E-state index in [2.05, 4.69) is 24.8 Å². The number of nitrogens with zero attached hydrogens (tertiary/aromatic N) is 1. The second-order valence-corrected chi connectivity index (χ2v) is 5.36. The summed E-state index contributed by atoms with van der Waals surface area (Å²) in [5.41, 5.74) is 2.23. The van der Waals surface area contributed by atoms with Gasteiger partial charge in [-0.15, -0.1) is 0 Å². The van der Waals surface area contributed by atoms with Crippen LogP contribution >= 0.6 is 0 Å². The van der Waals surface area contributed by atoms with E-state index in [4.69, 9.17) is 4.74 Å². The standard InChI is InChI=1S/C16H25NO2/c1-3-14-12-17(10-11-19-14)9-8-16(18)15-7-5-4-6-13(15)2/h4-7,14,16,18H,3,8-12H2,1-2H3. The molecule has 1 saturated heterocycles. The van der Waals surface area contributed by atoms with Crippen molar-refractivity contribution in [1.29, 1.82) is 0 Å². The number of aliphatic hydroxyl groups is 1. The van der Waals surface area contributed by atoms with Crippen molar-refractivity contribution in [3.8, 4) is 0 Å². The maximum Gasteiger partial charge on any atom is 0.0804 e. The van der Waals surface area contributed by atoms with Gasteiger partial charge in [-0.1, -0.05) is 31.2 Å². The van der Waals surface area contributed by atoms with Crippen molar-refractivity contribution in [3.05, 3.63) is 35.4 Å². The van der Waals surface area contributed by atoms with Crippen LogP contribution in [0.25, 0.3) is 0 Å². The van der Waals surface area contributed by atoms with Crippen LogP contribution in [0.4, 0.5) is 0 Å². The molecule has 3 nitrogen and oxygen atoms in total. The van der Waals surface area contributed by atoms with Crippen molar-refractivity contribution >= 4 is 0 Å². The van der Waals surface area contributed by atoms with E-state index in [1.807, 2.05) is 18.2 Å². The maximum absolute atomic E-state index is 10.3. The first-order chi connectivity index (χ1) is 9.20. The highest BCUT2D eigenvalue weighted by Gasteiger charge is 2.20. The molecular weight excluding hydrogens is 238 g/mol. The Morgan fingerprint density at radius 1 is 1.42 bits per heavy atom. The van der Waals surface area contributed by atoms with Crippen LogP contribution in [-0.2, 0) is 4.74 Å². The van der Waals surface area contributed by atoms with Crippen molar-refractivity contribution in [2.75, 3.05) is 26.2 Å². The van der Waals surface area contributed by atoms with Crippen LogP contribution in [0.15, 0.2) is 24.3 Å². The number of hydrogen-bond donors (Lipinski definition) is 1. The van der Waals surface area contributed by atoms with Crippen LogP contribution in [0, 0.1) is 6.92 Å². The van der Waals surface area contributed by atoms with Gasteiger partial charge in [-0.05, 0) is 30.9 Å². The molecule has 0 aliphatic carbocycles. The molecule has 0 radical (unpaired) electrons. The fourth-order valence-corrected chi connectivity index (χ4v) is 2.65. The molecule has 1 aromatic carbocycles. The summed E-state index contributed by atoms with van der Waals surface area (Å²) in [6.07, 6.45) is 1.87. The predicted molar refractivity (Wildman–Crippen MR) is 77.2 cm³/mol. The first-order valence-electron chi connectivity index (χ1n) is 7.28. The van der Waals surface area contributed by atoms with Crippen LogP contribution in [-0.4, -0.2) is 42.4 Å². The van der Waals surface area contributed by atoms with Crippen molar-refractivity contribution in [2.45, 2.75) is 38.9 Å². The van der Waals surface area contributed by atoms with Gasteiger partial charge in [-0.3, -0.25) is 4.90 Å². The second-order valence-electron chi connectivity index (χ2n) is 5.36. The van der Waals surface area contributed by atoms with Gasteiger partial charge in [-0.2, -0.15) is 0 Å². The van der Waals surface area contributed by atoms with Gasteiger partial charge in [0.05, 0.1) is 18.8 Å². The number of ether oxygens (including phenoxy) is 1. The lowest BCUT2D eigenvalue weighted by Crippen LogP contribution is -2.42. The van der Waals surface area contributed by atoms with E-state index in [0.717, 1.165) is 44.6 Å². The van der Waals surface area contributed by atoms with Crippen LogP contribution in [0.2, 0.25) is 0 Å². The first-order valence-corrected chi connectivity index (χ1v) is 7.28. The van der Waals surface area contributed by atoms with Crippen LogP contribution in [0.3, 0.4) is 0 Å². The molecule has 1 aromatic rings. The maximum atomic E-state index is 10.3. The molecular formula is C16H25NO2. The number of benzene rings is 1. The Morgan fingerprint density at radius 2 is 2.21 bits per heavy atom. The van der Waals surface area contributed by atoms with Gasteiger partial charge in [0.15, 0.2) is 0 Å². The molecule has 0 bridgehead atoms. The zero-order valence-corrected chi connectivity index (χ0v) is 12.0. The minimum atomic E-state index is -0.357. The van der Waals surface area contributed by atoms with Crippen molar-refractivity contribution in [1.82, 2.24) is 4.90 Å². The topological polar surface area (TPSA) is 32.7 Å². The van der Waals surface area contributed by atoms with E-state index in [9.17, 15) is 5.11 Å². The average molecular weight is 263 g/mol. The van der Waals surface area contributed by atoms with E-state index in [0.29, 0.717) is 6.10 Å². The zero-order chi connectivity index (χ0) is 13.7. The van der Waals surface area contributed by atoms with Gasteiger partial charge in [0, 0.05) is 19.6 Å². The Bertz CT molecular complexity index is 394. The lowest BCUT2D eigenvalue weighted by atomic mass is 10.0. The third kappa shape index (κ3) is 4.03. The van der Waals surface area contributed by atoms with Crippen LogP contribution < -0.4 is 0 Å². The summed E-state index contributed by atoms with van der Waals surface area (Å²) >= 11 is 0. The molecule has 1 aliphatic heterocycles. The normalized spacial score (nSPS) is 22.4. The average Bonchev–Trinajstić information content (AvgIpc) is 2.45. The number of rotatable bonds is 5. The Hall–Kier alpha value is -0.900. The minimum absolute atomic E-state index is 0.357. The summed E-state index contributed by atoms with van der Waals surface area (Å²) in [4.78, 5) is 2.40. The largest absolute Gasteiger partial charge is 0.388 e. The molecule has 1 fully saturated rings. The van der Waals surface area contributed by atoms with E-state index >= 15 is 0 Å². The van der Waals surface area contributed by atoms with Crippen molar-refractivity contribution in [3.63, 3.8) is 0 Å².